The second-order valence-corrected chi connectivity index (χ2v) is 8.31. The van der Waals surface area contributed by atoms with Crippen molar-refractivity contribution in [1.29, 1.82) is 0 Å². The third-order valence-electron chi connectivity index (χ3n) is 6.25. The molecule has 10 nitrogen and oxygen atoms in total. The predicted molar refractivity (Wildman–Crippen MR) is 116 cm³/mol. The summed E-state index contributed by atoms with van der Waals surface area (Å²) in [5.41, 5.74) is -1.58. The number of hydrogen-bond donors (Lipinski definition) is 2. The average Bonchev–Trinajstić information content (AvgIpc) is 2.85. The van der Waals surface area contributed by atoms with Gasteiger partial charge in [-0.2, -0.15) is 0 Å². The van der Waals surface area contributed by atoms with E-state index in [1.807, 2.05) is 0 Å². The summed E-state index contributed by atoms with van der Waals surface area (Å²) in [5.74, 6) is -2.75. The molecule has 0 aliphatic carbocycles. The van der Waals surface area contributed by atoms with Crippen molar-refractivity contribution in [2.24, 2.45) is 0 Å². The molecule has 2 amide bonds. The zero-order valence-electron chi connectivity index (χ0n) is 18.7. The lowest BCUT2D eigenvalue weighted by molar-refractivity contribution is -0.152. The van der Waals surface area contributed by atoms with Gasteiger partial charge in [-0.3, -0.25) is 23.7 Å². The van der Waals surface area contributed by atoms with E-state index in [4.69, 9.17) is 4.74 Å². The molecule has 0 saturated carbocycles. The van der Waals surface area contributed by atoms with Crippen molar-refractivity contribution in [3.63, 3.8) is 0 Å². The van der Waals surface area contributed by atoms with Crippen molar-refractivity contribution >= 4 is 17.6 Å². The monoisotopic (exact) mass is 472 g/mol. The molecule has 2 aromatic rings. The minimum absolute atomic E-state index is 0.0445. The van der Waals surface area contributed by atoms with Crippen molar-refractivity contribution in [2.45, 2.75) is 44.9 Å². The number of piperidine rings is 1. The van der Waals surface area contributed by atoms with Crippen molar-refractivity contribution in [1.82, 2.24) is 19.8 Å². The number of carbonyl (C=O) groups is 3. The quantitative estimate of drug-likeness (QED) is 0.617. The molecule has 0 radical (unpaired) electrons. The molecule has 1 saturated heterocycles. The van der Waals surface area contributed by atoms with Gasteiger partial charge >= 0.3 is 0 Å². The standard InChI is InChI=1S/C23H25FN4O6/c1-2-16(29)20(32)27-9-7-23(8-10-27)22-26-17(18(30)21(33)28(22)11-12-34-23)19(31)25-13-14-3-5-15(24)6-4-14/h3-6,30H,2,7-13H2,1H3,(H,25,31). The van der Waals surface area contributed by atoms with Gasteiger partial charge in [0, 0.05) is 38.9 Å². The number of rotatable bonds is 5. The number of ether oxygens (including phenoxy) is 1. The number of nitrogens with zero attached hydrogens (tertiary/aromatic N) is 3. The van der Waals surface area contributed by atoms with Crippen molar-refractivity contribution in [3.8, 4) is 5.75 Å². The van der Waals surface area contributed by atoms with Crippen LogP contribution in [0.25, 0.3) is 0 Å². The summed E-state index contributed by atoms with van der Waals surface area (Å²) in [6.45, 7) is 2.48. The van der Waals surface area contributed by atoms with E-state index in [1.54, 1.807) is 6.92 Å². The highest BCUT2D eigenvalue weighted by Crippen LogP contribution is 2.38. The van der Waals surface area contributed by atoms with E-state index in [-0.39, 0.29) is 57.9 Å². The molecule has 1 fully saturated rings. The number of aromatic hydroxyl groups is 1. The van der Waals surface area contributed by atoms with Crippen LogP contribution in [0, 0.1) is 5.82 Å². The first-order valence-electron chi connectivity index (χ1n) is 11.1. The Morgan fingerprint density at radius 2 is 1.85 bits per heavy atom. The third kappa shape index (κ3) is 4.30. The lowest BCUT2D eigenvalue weighted by Crippen LogP contribution is -2.53. The number of fused-ring (bicyclic) bond motifs is 2. The summed E-state index contributed by atoms with van der Waals surface area (Å²) < 4.78 is 20.4. The number of amides is 2. The van der Waals surface area contributed by atoms with Crippen LogP contribution in [-0.4, -0.2) is 56.9 Å². The van der Waals surface area contributed by atoms with E-state index in [0.717, 1.165) is 0 Å². The van der Waals surface area contributed by atoms with Crippen LogP contribution in [0.1, 0.15) is 48.1 Å². The van der Waals surface area contributed by atoms with E-state index in [0.29, 0.717) is 5.56 Å². The maximum atomic E-state index is 13.1. The Morgan fingerprint density at radius 1 is 1.18 bits per heavy atom. The minimum Gasteiger partial charge on any atom is -0.501 e. The fraction of sp³-hybridized carbons (Fsp3) is 0.435. The van der Waals surface area contributed by atoms with Gasteiger partial charge in [0.25, 0.3) is 17.4 Å². The lowest BCUT2D eigenvalue weighted by Gasteiger charge is -2.44. The molecule has 34 heavy (non-hydrogen) atoms. The summed E-state index contributed by atoms with van der Waals surface area (Å²) in [6.07, 6.45) is 0.680. The van der Waals surface area contributed by atoms with Crippen LogP contribution in [0.2, 0.25) is 0 Å². The molecule has 180 valence electrons. The molecule has 1 aromatic carbocycles. The maximum absolute atomic E-state index is 13.1. The number of nitrogens with one attached hydrogen (secondary N) is 1. The number of hydrogen-bond acceptors (Lipinski definition) is 7. The molecule has 2 aliphatic heterocycles. The first-order chi connectivity index (χ1) is 16.3. The van der Waals surface area contributed by atoms with Gasteiger partial charge in [-0.15, -0.1) is 0 Å². The first kappa shape index (κ1) is 23.6. The Balaban J connectivity index is 1.59. The van der Waals surface area contributed by atoms with Crippen LogP contribution < -0.4 is 10.9 Å². The van der Waals surface area contributed by atoms with Crippen LogP contribution in [0.4, 0.5) is 4.39 Å². The van der Waals surface area contributed by atoms with Crippen LogP contribution >= 0.6 is 0 Å². The largest absolute Gasteiger partial charge is 0.501 e. The second kappa shape index (κ2) is 9.34. The third-order valence-corrected chi connectivity index (χ3v) is 6.25. The van der Waals surface area contributed by atoms with Crippen molar-refractivity contribution in [3.05, 3.63) is 57.5 Å². The minimum atomic E-state index is -1.02. The Labute approximate surface area is 194 Å². The number of Topliss-reactive ketones (excluding diaryl/α,β-unsaturated/α-hetero) is 1. The van der Waals surface area contributed by atoms with Gasteiger partial charge in [-0.25, -0.2) is 9.37 Å². The fourth-order valence-electron chi connectivity index (χ4n) is 4.29. The number of halogens is 1. The molecule has 2 N–H and O–H groups in total. The molecule has 0 unspecified atom stereocenters. The molecule has 0 atom stereocenters. The Hall–Kier alpha value is -3.60. The molecule has 11 heteroatoms. The van der Waals surface area contributed by atoms with Crippen molar-refractivity contribution in [2.75, 3.05) is 19.7 Å². The van der Waals surface area contributed by atoms with Gasteiger partial charge in [0.05, 0.1) is 13.2 Å². The van der Waals surface area contributed by atoms with Crippen molar-refractivity contribution < 1.29 is 28.6 Å². The van der Waals surface area contributed by atoms with Crippen LogP contribution in [0.15, 0.2) is 29.1 Å². The number of carbonyl (C=O) groups excluding carboxylic acids is 3. The van der Waals surface area contributed by atoms with Gasteiger partial charge in [0.1, 0.15) is 17.2 Å². The zero-order chi connectivity index (χ0) is 24.5. The topological polar surface area (TPSA) is 131 Å². The number of benzene rings is 1. The SMILES string of the molecule is CCC(=O)C(=O)N1CCC2(CC1)OCCn1c2nc(C(=O)NCc2ccc(F)cc2)c(O)c1=O. The number of aromatic nitrogens is 2. The van der Waals surface area contributed by atoms with E-state index in [2.05, 4.69) is 10.3 Å². The predicted octanol–water partition coefficient (Wildman–Crippen LogP) is 0.845. The second-order valence-electron chi connectivity index (χ2n) is 8.31. The van der Waals surface area contributed by atoms with E-state index >= 15 is 0 Å². The summed E-state index contributed by atoms with van der Waals surface area (Å²) >= 11 is 0. The molecule has 1 spiro atoms. The Kier molecular flexibility index (Phi) is 6.47. The van der Waals surface area contributed by atoms with Crippen LogP contribution in [-0.2, 0) is 33.0 Å². The van der Waals surface area contributed by atoms with Gasteiger partial charge in [0.2, 0.25) is 11.5 Å². The summed E-state index contributed by atoms with van der Waals surface area (Å²) in [4.78, 5) is 55.5. The summed E-state index contributed by atoms with van der Waals surface area (Å²) in [5, 5.41) is 13.0. The van der Waals surface area contributed by atoms with E-state index in [9.17, 15) is 28.7 Å². The molecule has 3 heterocycles. The van der Waals surface area contributed by atoms with E-state index < -0.39 is 46.0 Å². The highest BCUT2D eigenvalue weighted by atomic mass is 19.1. The van der Waals surface area contributed by atoms with Gasteiger partial charge in [0.15, 0.2) is 5.69 Å². The van der Waals surface area contributed by atoms with Crippen LogP contribution in [0.5, 0.6) is 5.75 Å². The van der Waals surface area contributed by atoms with Gasteiger partial charge < -0.3 is 20.1 Å². The fourth-order valence-corrected chi connectivity index (χ4v) is 4.29. The first-order valence-corrected chi connectivity index (χ1v) is 11.1. The maximum Gasteiger partial charge on any atom is 0.296 e. The molecule has 1 aromatic heterocycles. The van der Waals surface area contributed by atoms with Gasteiger partial charge in [-0.05, 0) is 17.7 Å². The number of likely N-dealkylation sites (tertiary alicyclic amines) is 1. The zero-order valence-corrected chi connectivity index (χ0v) is 18.7. The Morgan fingerprint density at radius 3 is 2.50 bits per heavy atom. The highest BCUT2D eigenvalue weighted by Gasteiger charge is 2.45. The molecule has 4 rings (SSSR count). The number of ketones is 1. The average molecular weight is 472 g/mol. The molecular weight excluding hydrogens is 447 g/mol. The molecular formula is C23H25FN4O6. The summed E-state index contributed by atoms with van der Waals surface area (Å²) in [6, 6.07) is 5.53. The van der Waals surface area contributed by atoms with Gasteiger partial charge in [-0.1, -0.05) is 19.1 Å². The normalized spacial score (nSPS) is 16.7. The highest BCUT2D eigenvalue weighted by molar-refractivity contribution is 6.35. The van der Waals surface area contributed by atoms with E-state index in [1.165, 1.54) is 33.7 Å². The molecule has 2 aliphatic rings. The Bertz CT molecular complexity index is 1190. The molecule has 0 bridgehead atoms. The summed E-state index contributed by atoms with van der Waals surface area (Å²) in [7, 11) is 0. The smallest absolute Gasteiger partial charge is 0.296 e. The van der Waals surface area contributed by atoms with Crippen LogP contribution in [0.3, 0.4) is 0 Å². The lowest BCUT2D eigenvalue weighted by atomic mass is 9.88.